The van der Waals surface area contributed by atoms with Gasteiger partial charge in [-0.05, 0) is 31.2 Å². The van der Waals surface area contributed by atoms with Gasteiger partial charge in [0, 0.05) is 27.7 Å². The molecule has 1 aliphatic heterocycles. The number of thioether (sulfide) groups is 1. The first-order chi connectivity index (χ1) is 11.2. The molecule has 0 saturated carbocycles. The molecule has 0 N–H and O–H groups in total. The monoisotopic (exact) mass is 350 g/mol. The summed E-state index contributed by atoms with van der Waals surface area (Å²) >= 11 is 7.98. The molecule has 0 radical (unpaired) electrons. The van der Waals surface area contributed by atoms with Crippen LogP contribution in [0, 0.1) is 6.92 Å². The first kappa shape index (κ1) is 16.5. The summed E-state index contributed by atoms with van der Waals surface area (Å²) in [7, 11) is 0. The predicted molar refractivity (Wildman–Crippen MR) is 94.6 cm³/mol. The Hall–Kier alpha value is -1.36. The highest BCUT2D eigenvalue weighted by Gasteiger charge is 2.16. The van der Waals surface area contributed by atoms with Crippen molar-refractivity contribution < 1.29 is 14.2 Å². The minimum absolute atomic E-state index is 0.308. The van der Waals surface area contributed by atoms with E-state index in [1.807, 2.05) is 24.3 Å². The summed E-state index contributed by atoms with van der Waals surface area (Å²) in [4.78, 5) is 0. The second-order valence-corrected chi connectivity index (χ2v) is 6.92. The number of fused-ring (bicyclic) bond motifs is 1. The van der Waals surface area contributed by atoms with Crippen LogP contribution in [-0.2, 0) is 17.1 Å². The number of hydrogen-bond donors (Lipinski definition) is 0. The number of ether oxygens (including phenoxy) is 3. The van der Waals surface area contributed by atoms with Crippen LogP contribution in [0.15, 0.2) is 36.4 Å². The van der Waals surface area contributed by atoms with Crippen molar-refractivity contribution in [2.24, 2.45) is 0 Å². The van der Waals surface area contributed by atoms with E-state index in [4.69, 9.17) is 25.8 Å². The van der Waals surface area contributed by atoms with Crippen LogP contribution >= 0.6 is 23.4 Å². The van der Waals surface area contributed by atoms with Crippen molar-refractivity contribution in [3.05, 3.63) is 58.1 Å². The SMILES string of the molecule is Cc1ccc(OCCSCc2cc(Cl)cc3c2OCOC3)cc1. The van der Waals surface area contributed by atoms with Crippen LogP contribution in [0.5, 0.6) is 11.5 Å². The zero-order valence-corrected chi connectivity index (χ0v) is 14.6. The molecule has 23 heavy (non-hydrogen) atoms. The zero-order chi connectivity index (χ0) is 16.1. The van der Waals surface area contributed by atoms with Gasteiger partial charge in [0.25, 0.3) is 0 Å². The third-order valence-electron chi connectivity index (χ3n) is 3.53. The first-order valence-electron chi connectivity index (χ1n) is 7.51. The van der Waals surface area contributed by atoms with Gasteiger partial charge in [-0.15, -0.1) is 0 Å². The van der Waals surface area contributed by atoms with Crippen LogP contribution in [0.3, 0.4) is 0 Å². The van der Waals surface area contributed by atoms with Gasteiger partial charge in [-0.25, -0.2) is 0 Å². The molecule has 0 amide bonds. The molecule has 122 valence electrons. The van der Waals surface area contributed by atoms with Gasteiger partial charge in [0.15, 0.2) is 6.79 Å². The number of rotatable bonds is 6. The standard InChI is InChI=1S/C18H19ClO3S/c1-13-2-4-17(5-3-13)21-6-7-23-11-15-9-16(19)8-14-10-20-12-22-18(14)15/h2-5,8-9H,6-7,10-12H2,1H3. The minimum Gasteiger partial charge on any atom is -0.493 e. The largest absolute Gasteiger partial charge is 0.493 e. The highest BCUT2D eigenvalue weighted by molar-refractivity contribution is 7.98. The zero-order valence-electron chi connectivity index (χ0n) is 13.0. The maximum atomic E-state index is 6.17. The van der Waals surface area contributed by atoms with Crippen LogP contribution in [0.1, 0.15) is 16.7 Å². The lowest BCUT2D eigenvalue weighted by Gasteiger charge is -2.21. The quantitative estimate of drug-likeness (QED) is 0.697. The van der Waals surface area contributed by atoms with E-state index in [1.165, 1.54) is 5.56 Å². The fourth-order valence-corrected chi connectivity index (χ4v) is 3.44. The maximum Gasteiger partial charge on any atom is 0.189 e. The second kappa shape index (κ2) is 7.95. The van der Waals surface area contributed by atoms with Gasteiger partial charge in [0.2, 0.25) is 0 Å². The summed E-state index contributed by atoms with van der Waals surface area (Å²) in [5.74, 6) is 3.59. The molecule has 1 aliphatic rings. The van der Waals surface area contributed by atoms with E-state index in [0.29, 0.717) is 20.0 Å². The average molecular weight is 351 g/mol. The lowest BCUT2D eigenvalue weighted by atomic mass is 10.1. The van der Waals surface area contributed by atoms with Crippen LogP contribution in [-0.4, -0.2) is 19.2 Å². The van der Waals surface area contributed by atoms with Gasteiger partial charge >= 0.3 is 0 Å². The van der Waals surface area contributed by atoms with E-state index < -0.39 is 0 Å². The Labute approximate surface area is 145 Å². The molecule has 0 aliphatic carbocycles. The average Bonchev–Trinajstić information content (AvgIpc) is 2.56. The fourth-order valence-electron chi connectivity index (χ4n) is 2.40. The highest BCUT2D eigenvalue weighted by Crippen LogP contribution is 2.33. The lowest BCUT2D eigenvalue weighted by Crippen LogP contribution is -2.13. The topological polar surface area (TPSA) is 27.7 Å². The van der Waals surface area contributed by atoms with Crippen molar-refractivity contribution in [2.45, 2.75) is 19.3 Å². The van der Waals surface area contributed by atoms with Gasteiger partial charge in [-0.1, -0.05) is 29.3 Å². The van der Waals surface area contributed by atoms with Gasteiger partial charge < -0.3 is 14.2 Å². The summed E-state index contributed by atoms with van der Waals surface area (Å²) in [6.45, 7) is 3.62. The van der Waals surface area contributed by atoms with Gasteiger partial charge in [0.1, 0.15) is 11.5 Å². The molecule has 0 saturated heterocycles. The Bertz CT molecular complexity index is 658. The van der Waals surface area contributed by atoms with Crippen molar-refractivity contribution in [3.8, 4) is 11.5 Å². The number of hydrogen-bond acceptors (Lipinski definition) is 4. The van der Waals surface area contributed by atoms with Crippen molar-refractivity contribution in [2.75, 3.05) is 19.2 Å². The van der Waals surface area contributed by atoms with Crippen molar-refractivity contribution in [1.29, 1.82) is 0 Å². The van der Waals surface area contributed by atoms with E-state index in [9.17, 15) is 0 Å². The summed E-state index contributed by atoms with van der Waals surface area (Å²) in [6.07, 6.45) is 0. The summed E-state index contributed by atoms with van der Waals surface area (Å²) in [6, 6.07) is 12.0. The number of benzene rings is 2. The third-order valence-corrected chi connectivity index (χ3v) is 4.72. The van der Waals surface area contributed by atoms with E-state index in [1.54, 1.807) is 11.8 Å². The molecule has 2 aromatic carbocycles. The van der Waals surface area contributed by atoms with Crippen molar-refractivity contribution in [3.63, 3.8) is 0 Å². The second-order valence-electron chi connectivity index (χ2n) is 5.38. The molecule has 1 heterocycles. The molecular formula is C18H19ClO3S. The van der Waals surface area contributed by atoms with E-state index in [-0.39, 0.29) is 0 Å². The molecule has 2 aromatic rings. The smallest absolute Gasteiger partial charge is 0.189 e. The van der Waals surface area contributed by atoms with Crippen molar-refractivity contribution >= 4 is 23.4 Å². The Kier molecular flexibility index (Phi) is 5.70. The van der Waals surface area contributed by atoms with Crippen LogP contribution in [0.2, 0.25) is 5.02 Å². The summed E-state index contributed by atoms with van der Waals surface area (Å²) < 4.78 is 16.7. The predicted octanol–water partition coefficient (Wildman–Crippen LogP) is 4.83. The molecule has 5 heteroatoms. The molecule has 3 nitrogen and oxygen atoms in total. The molecule has 0 unspecified atom stereocenters. The van der Waals surface area contributed by atoms with Gasteiger partial charge in [-0.2, -0.15) is 11.8 Å². The molecule has 0 aromatic heterocycles. The number of halogens is 1. The van der Waals surface area contributed by atoms with Gasteiger partial charge in [0.05, 0.1) is 13.2 Å². The molecule has 0 atom stereocenters. The molecular weight excluding hydrogens is 332 g/mol. The highest BCUT2D eigenvalue weighted by atomic mass is 35.5. The van der Waals surface area contributed by atoms with Crippen LogP contribution < -0.4 is 9.47 Å². The lowest BCUT2D eigenvalue weighted by molar-refractivity contribution is -0.0168. The maximum absolute atomic E-state index is 6.17. The molecule has 0 bridgehead atoms. The van der Waals surface area contributed by atoms with Crippen molar-refractivity contribution in [1.82, 2.24) is 0 Å². The Morgan fingerprint density at radius 2 is 2.04 bits per heavy atom. The van der Waals surface area contributed by atoms with Crippen LogP contribution in [0.25, 0.3) is 0 Å². The van der Waals surface area contributed by atoms with E-state index >= 15 is 0 Å². The Morgan fingerprint density at radius 1 is 1.22 bits per heavy atom. The summed E-state index contributed by atoms with van der Waals surface area (Å²) in [5, 5.41) is 0.726. The summed E-state index contributed by atoms with van der Waals surface area (Å²) in [5.41, 5.74) is 3.38. The number of aryl methyl sites for hydroxylation is 1. The normalized spacial score (nSPS) is 13.3. The molecule has 0 fully saturated rings. The van der Waals surface area contributed by atoms with Crippen LogP contribution in [0.4, 0.5) is 0 Å². The minimum atomic E-state index is 0.308. The van der Waals surface area contributed by atoms with E-state index in [0.717, 1.165) is 39.2 Å². The van der Waals surface area contributed by atoms with Gasteiger partial charge in [-0.3, -0.25) is 0 Å². The molecule has 3 rings (SSSR count). The fraction of sp³-hybridized carbons (Fsp3) is 0.333. The Morgan fingerprint density at radius 3 is 2.87 bits per heavy atom. The Balaban J connectivity index is 1.49. The van der Waals surface area contributed by atoms with E-state index in [2.05, 4.69) is 19.1 Å². The third kappa shape index (κ3) is 4.56. The first-order valence-corrected chi connectivity index (χ1v) is 9.05. The molecule has 0 spiro atoms.